The highest BCUT2D eigenvalue weighted by atomic mass is 32.1. The molecule has 0 amide bonds. The Bertz CT molecular complexity index is 1070. The molecule has 4 aromatic heterocycles. The fourth-order valence-corrected chi connectivity index (χ4v) is 3.92. The number of anilines is 2. The van der Waals surface area contributed by atoms with Gasteiger partial charge in [-0.25, -0.2) is 4.98 Å². The standard InChI is InChI=1S/C17H15N7OS/c18-13-12-3-7-24(11-1-4-19-5-2-11)14(12)22-16(21-13)23-9-17(25,10-23)15-20-6-8-26-15/h1-8,25H,9-10H2,(H2,18,21,22). The Morgan fingerprint density at radius 1 is 1.12 bits per heavy atom. The number of rotatable bonds is 3. The first-order valence-corrected chi connectivity index (χ1v) is 8.94. The Labute approximate surface area is 152 Å². The molecule has 0 bridgehead atoms. The first-order valence-electron chi connectivity index (χ1n) is 8.06. The van der Waals surface area contributed by atoms with Gasteiger partial charge in [-0.05, 0) is 18.2 Å². The smallest absolute Gasteiger partial charge is 0.229 e. The lowest BCUT2D eigenvalue weighted by molar-refractivity contribution is 0.00639. The number of fused-ring (bicyclic) bond motifs is 1. The summed E-state index contributed by atoms with van der Waals surface area (Å²) in [5.74, 6) is 0.924. The largest absolute Gasteiger partial charge is 0.383 e. The first kappa shape index (κ1) is 15.2. The molecule has 1 fully saturated rings. The van der Waals surface area contributed by atoms with Crippen LogP contribution in [0.25, 0.3) is 16.7 Å². The van der Waals surface area contributed by atoms with Crippen LogP contribution in [0.4, 0.5) is 11.8 Å². The summed E-state index contributed by atoms with van der Waals surface area (Å²) in [6.07, 6.45) is 7.08. The van der Waals surface area contributed by atoms with E-state index in [4.69, 9.17) is 10.7 Å². The SMILES string of the molecule is Nc1nc(N2CC(O)(c3nccs3)C2)nc2c1ccn2-c1ccncc1. The lowest BCUT2D eigenvalue weighted by Crippen LogP contribution is -2.60. The van der Waals surface area contributed by atoms with Crippen LogP contribution in [0.5, 0.6) is 0 Å². The third kappa shape index (κ3) is 2.25. The van der Waals surface area contributed by atoms with E-state index in [1.54, 1.807) is 18.6 Å². The molecule has 0 unspecified atom stereocenters. The zero-order valence-corrected chi connectivity index (χ0v) is 14.5. The van der Waals surface area contributed by atoms with Crippen LogP contribution < -0.4 is 10.6 Å². The van der Waals surface area contributed by atoms with Gasteiger partial charge in [-0.3, -0.25) is 4.98 Å². The van der Waals surface area contributed by atoms with Gasteiger partial charge in [-0.1, -0.05) is 0 Å². The van der Waals surface area contributed by atoms with E-state index < -0.39 is 5.60 Å². The monoisotopic (exact) mass is 365 g/mol. The second-order valence-electron chi connectivity index (χ2n) is 6.26. The summed E-state index contributed by atoms with van der Waals surface area (Å²) in [5.41, 5.74) is 6.87. The second-order valence-corrected chi connectivity index (χ2v) is 7.16. The van der Waals surface area contributed by atoms with Gasteiger partial charge >= 0.3 is 0 Å². The van der Waals surface area contributed by atoms with E-state index in [0.717, 1.165) is 16.7 Å². The van der Waals surface area contributed by atoms with E-state index >= 15 is 0 Å². The van der Waals surface area contributed by atoms with Gasteiger partial charge in [-0.2, -0.15) is 9.97 Å². The predicted octanol–water partition coefficient (Wildman–Crippen LogP) is 1.56. The molecule has 9 heteroatoms. The maximum Gasteiger partial charge on any atom is 0.229 e. The summed E-state index contributed by atoms with van der Waals surface area (Å²) in [6.45, 7) is 0.781. The number of hydrogen-bond acceptors (Lipinski definition) is 8. The fourth-order valence-electron chi connectivity index (χ4n) is 3.20. The average Bonchev–Trinajstić information content (AvgIpc) is 3.30. The minimum atomic E-state index is -0.950. The number of aromatic nitrogens is 5. The number of thiazole rings is 1. The number of hydrogen-bond donors (Lipinski definition) is 2. The van der Waals surface area contributed by atoms with Gasteiger partial charge in [0.1, 0.15) is 10.8 Å². The number of nitrogens with two attached hydrogens (primary N) is 1. The van der Waals surface area contributed by atoms with Gasteiger partial charge in [0.15, 0.2) is 11.2 Å². The molecule has 130 valence electrons. The van der Waals surface area contributed by atoms with Crippen molar-refractivity contribution in [2.45, 2.75) is 5.60 Å². The molecule has 0 radical (unpaired) electrons. The summed E-state index contributed by atoms with van der Waals surface area (Å²) in [4.78, 5) is 19.3. The van der Waals surface area contributed by atoms with Crippen LogP contribution in [0.15, 0.2) is 48.4 Å². The molecule has 0 aliphatic carbocycles. The van der Waals surface area contributed by atoms with Gasteiger partial charge in [0.2, 0.25) is 5.95 Å². The number of β-amino-alcohol motifs (C(OH)–C–C–N with tert-alkyl or cyclic N) is 1. The third-order valence-electron chi connectivity index (χ3n) is 4.52. The molecule has 26 heavy (non-hydrogen) atoms. The van der Waals surface area contributed by atoms with E-state index in [0.29, 0.717) is 29.9 Å². The van der Waals surface area contributed by atoms with Crippen molar-refractivity contribution in [1.82, 2.24) is 24.5 Å². The molecule has 0 saturated carbocycles. The van der Waals surface area contributed by atoms with E-state index in [2.05, 4.69) is 15.0 Å². The molecule has 5 rings (SSSR count). The number of nitrogens with zero attached hydrogens (tertiary/aromatic N) is 6. The molecule has 4 aromatic rings. The molecule has 5 heterocycles. The highest BCUT2D eigenvalue weighted by Crippen LogP contribution is 2.36. The Morgan fingerprint density at radius 2 is 1.92 bits per heavy atom. The van der Waals surface area contributed by atoms with Crippen LogP contribution in [0.2, 0.25) is 0 Å². The lowest BCUT2D eigenvalue weighted by Gasteiger charge is -2.45. The summed E-state index contributed by atoms with van der Waals surface area (Å²) in [6, 6.07) is 5.71. The summed E-state index contributed by atoms with van der Waals surface area (Å²) in [5, 5.41) is 14.0. The van der Waals surface area contributed by atoms with Crippen LogP contribution in [-0.4, -0.2) is 42.7 Å². The average molecular weight is 365 g/mol. The minimum Gasteiger partial charge on any atom is -0.383 e. The highest BCUT2D eigenvalue weighted by molar-refractivity contribution is 7.09. The molecule has 0 aromatic carbocycles. The maximum atomic E-state index is 10.7. The normalized spacial score (nSPS) is 16.0. The molecule has 1 saturated heterocycles. The number of pyridine rings is 1. The van der Waals surface area contributed by atoms with Crippen LogP contribution in [0, 0.1) is 0 Å². The van der Waals surface area contributed by atoms with Crippen molar-refractivity contribution >= 4 is 34.1 Å². The molecule has 0 atom stereocenters. The van der Waals surface area contributed by atoms with Gasteiger partial charge in [0.25, 0.3) is 0 Å². The molecule has 0 spiro atoms. The van der Waals surface area contributed by atoms with Crippen LogP contribution in [0.3, 0.4) is 0 Å². The second kappa shape index (κ2) is 5.48. The van der Waals surface area contributed by atoms with Crippen molar-refractivity contribution < 1.29 is 5.11 Å². The molecular formula is C17H15N7OS. The van der Waals surface area contributed by atoms with Crippen molar-refractivity contribution in [1.29, 1.82) is 0 Å². The van der Waals surface area contributed by atoms with E-state index in [9.17, 15) is 5.11 Å². The predicted molar refractivity (Wildman–Crippen MR) is 99.3 cm³/mol. The number of aliphatic hydroxyl groups is 1. The van der Waals surface area contributed by atoms with E-state index in [1.165, 1.54) is 11.3 Å². The van der Waals surface area contributed by atoms with E-state index in [1.807, 2.05) is 39.2 Å². The summed E-state index contributed by atoms with van der Waals surface area (Å²) in [7, 11) is 0. The third-order valence-corrected chi connectivity index (χ3v) is 5.49. The van der Waals surface area contributed by atoms with Crippen molar-refractivity contribution in [2.75, 3.05) is 23.7 Å². The van der Waals surface area contributed by atoms with Crippen LogP contribution >= 0.6 is 11.3 Å². The molecule has 8 nitrogen and oxygen atoms in total. The topological polar surface area (TPSA) is 106 Å². The van der Waals surface area contributed by atoms with Crippen LogP contribution in [0.1, 0.15) is 5.01 Å². The quantitative estimate of drug-likeness (QED) is 0.567. The zero-order chi connectivity index (χ0) is 17.7. The van der Waals surface area contributed by atoms with Crippen molar-refractivity contribution in [2.24, 2.45) is 0 Å². The molecule has 3 N–H and O–H groups in total. The summed E-state index contributed by atoms with van der Waals surface area (Å²) >= 11 is 1.45. The fraction of sp³-hybridized carbons (Fsp3) is 0.176. The lowest BCUT2D eigenvalue weighted by atomic mass is 9.95. The maximum absolute atomic E-state index is 10.7. The Morgan fingerprint density at radius 3 is 2.65 bits per heavy atom. The molecule has 1 aliphatic rings. The van der Waals surface area contributed by atoms with Gasteiger partial charge < -0.3 is 20.3 Å². The number of nitrogen functional groups attached to an aromatic ring is 1. The Kier molecular flexibility index (Phi) is 3.21. The molecule has 1 aliphatic heterocycles. The van der Waals surface area contributed by atoms with Gasteiger partial charge in [0, 0.05) is 30.2 Å². The van der Waals surface area contributed by atoms with Crippen molar-refractivity contribution in [3.8, 4) is 5.69 Å². The Hall–Kier alpha value is -3.04. The molecular weight excluding hydrogens is 350 g/mol. The highest BCUT2D eigenvalue weighted by Gasteiger charge is 2.46. The van der Waals surface area contributed by atoms with E-state index in [-0.39, 0.29) is 0 Å². The van der Waals surface area contributed by atoms with Gasteiger partial charge in [-0.15, -0.1) is 11.3 Å². The van der Waals surface area contributed by atoms with Gasteiger partial charge in [0.05, 0.1) is 24.2 Å². The van der Waals surface area contributed by atoms with Crippen molar-refractivity contribution in [3.05, 3.63) is 53.4 Å². The zero-order valence-electron chi connectivity index (χ0n) is 13.6. The van der Waals surface area contributed by atoms with Crippen LogP contribution in [-0.2, 0) is 5.60 Å². The Balaban J connectivity index is 1.52. The minimum absolute atomic E-state index is 0.390. The first-order chi connectivity index (χ1) is 12.6. The van der Waals surface area contributed by atoms with Crippen molar-refractivity contribution in [3.63, 3.8) is 0 Å². The summed E-state index contributed by atoms with van der Waals surface area (Å²) < 4.78 is 1.95.